The lowest BCUT2D eigenvalue weighted by atomic mass is 10.1. The van der Waals surface area contributed by atoms with Crippen molar-refractivity contribution in [3.63, 3.8) is 0 Å². The number of halogens is 2. The Morgan fingerprint density at radius 3 is 2.55 bits per heavy atom. The number of hydrogen-bond acceptors (Lipinski definition) is 6. The molecule has 9 nitrogen and oxygen atoms in total. The number of aromatic nitrogens is 1. The number of nitrogens with one attached hydrogen (secondary N) is 1. The van der Waals surface area contributed by atoms with Crippen molar-refractivity contribution in [2.45, 2.75) is 38.6 Å². The van der Waals surface area contributed by atoms with Crippen LogP contribution in [0.5, 0.6) is 0 Å². The van der Waals surface area contributed by atoms with Crippen molar-refractivity contribution < 1.29 is 23.5 Å². The van der Waals surface area contributed by atoms with E-state index >= 15 is 0 Å². The van der Waals surface area contributed by atoms with Crippen molar-refractivity contribution in [2.24, 2.45) is 0 Å². The summed E-state index contributed by atoms with van der Waals surface area (Å²) in [6.07, 6.45) is 1.81. The Morgan fingerprint density at radius 1 is 1.07 bits per heavy atom. The molecule has 11 heteroatoms. The number of nitrogens with zero attached hydrogens (tertiary/aromatic N) is 4. The van der Waals surface area contributed by atoms with E-state index in [9.17, 15) is 18.8 Å². The molecule has 224 valence electrons. The van der Waals surface area contributed by atoms with Gasteiger partial charge in [0, 0.05) is 57.7 Å². The van der Waals surface area contributed by atoms with E-state index < -0.39 is 18.0 Å². The van der Waals surface area contributed by atoms with Crippen LogP contribution in [-0.2, 0) is 20.7 Å². The number of anilines is 1. The first kappa shape index (κ1) is 31.2. The maximum absolute atomic E-state index is 13.8. The number of fused-ring (bicyclic) bond motifs is 1. The van der Waals surface area contributed by atoms with Crippen LogP contribution in [0.3, 0.4) is 0 Å². The molecule has 3 aromatic rings. The van der Waals surface area contributed by atoms with Crippen LogP contribution in [0.4, 0.5) is 15.0 Å². The molecule has 0 radical (unpaired) electrons. The van der Waals surface area contributed by atoms with Crippen LogP contribution >= 0.6 is 11.6 Å². The molecule has 0 unspecified atom stereocenters. The van der Waals surface area contributed by atoms with E-state index in [0.29, 0.717) is 30.9 Å². The van der Waals surface area contributed by atoms with E-state index in [4.69, 9.17) is 16.3 Å². The Balaban J connectivity index is 1.37. The summed E-state index contributed by atoms with van der Waals surface area (Å²) >= 11 is 6.06. The van der Waals surface area contributed by atoms with Crippen LogP contribution in [0.25, 0.3) is 10.8 Å². The third-order valence-electron chi connectivity index (χ3n) is 7.71. The zero-order valence-electron chi connectivity index (χ0n) is 24.0. The molecule has 2 aromatic carbocycles. The van der Waals surface area contributed by atoms with Gasteiger partial charge in [0.05, 0.1) is 11.1 Å². The minimum absolute atomic E-state index is 0.000532. The molecule has 2 heterocycles. The summed E-state index contributed by atoms with van der Waals surface area (Å²) in [6, 6.07) is 13.4. The van der Waals surface area contributed by atoms with Crippen LogP contribution in [0.1, 0.15) is 31.7 Å². The molecule has 4 rings (SSSR count). The normalized spacial score (nSPS) is 14.4. The number of carbonyl (C=O) groups excluding carboxylic acids is 3. The molecule has 1 fully saturated rings. The van der Waals surface area contributed by atoms with Gasteiger partial charge in [0.2, 0.25) is 11.8 Å². The summed E-state index contributed by atoms with van der Waals surface area (Å²) in [5.41, 5.74) is 0.537. The first-order chi connectivity index (χ1) is 20.2. The smallest absolute Gasteiger partial charge is 0.412 e. The highest BCUT2D eigenvalue weighted by Gasteiger charge is 2.26. The zero-order chi connectivity index (χ0) is 30.1. The molecule has 1 N–H and O–H groups in total. The number of pyridine rings is 1. The summed E-state index contributed by atoms with van der Waals surface area (Å²) in [6.45, 7) is 5.93. The average molecular weight is 598 g/mol. The van der Waals surface area contributed by atoms with Crippen molar-refractivity contribution in [3.8, 4) is 0 Å². The molecule has 0 saturated carbocycles. The van der Waals surface area contributed by atoms with Crippen LogP contribution in [0.15, 0.2) is 54.7 Å². The van der Waals surface area contributed by atoms with Crippen molar-refractivity contribution >= 4 is 46.1 Å². The Labute approximate surface area is 250 Å². The monoisotopic (exact) mass is 597 g/mol. The molecule has 3 amide bonds. The number of ether oxygens (including phenoxy) is 1. The van der Waals surface area contributed by atoms with Crippen LogP contribution < -0.4 is 5.32 Å². The van der Waals surface area contributed by atoms with Gasteiger partial charge in [0.15, 0.2) is 0 Å². The molecule has 1 saturated heterocycles. The number of likely N-dealkylation sites (N-methyl/N-ethyl adjacent to an activating group) is 2. The summed E-state index contributed by atoms with van der Waals surface area (Å²) in [5, 5.41) is 4.50. The Kier molecular flexibility index (Phi) is 11.1. The number of rotatable bonds is 11. The largest absolute Gasteiger partial charge is 0.447 e. The fraction of sp³-hybridized carbons (Fsp3) is 0.419. The molecular weight excluding hydrogens is 561 g/mol. The zero-order valence-corrected chi connectivity index (χ0v) is 24.8. The molecular formula is C31H37ClFN5O4. The van der Waals surface area contributed by atoms with Crippen LogP contribution in [0, 0.1) is 5.82 Å². The van der Waals surface area contributed by atoms with Crippen molar-refractivity contribution in [3.05, 3.63) is 71.1 Å². The average Bonchev–Trinajstić information content (AvgIpc) is 3.01. The minimum atomic E-state index is -0.711. The van der Waals surface area contributed by atoms with E-state index in [0.717, 1.165) is 30.4 Å². The maximum Gasteiger partial charge on any atom is 0.412 e. The molecule has 1 aromatic heterocycles. The molecule has 1 atom stereocenters. The first-order valence-electron chi connectivity index (χ1n) is 14.2. The third-order valence-corrected chi connectivity index (χ3v) is 8.14. The lowest BCUT2D eigenvalue weighted by Gasteiger charge is -2.34. The summed E-state index contributed by atoms with van der Waals surface area (Å²) < 4.78 is 19.4. The molecule has 0 spiro atoms. The van der Waals surface area contributed by atoms with Gasteiger partial charge in [-0.25, -0.2) is 14.2 Å². The first-order valence-corrected chi connectivity index (χ1v) is 14.6. The molecule has 1 aliphatic rings. The lowest BCUT2D eigenvalue weighted by molar-refractivity contribution is -0.136. The molecule has 0 aliphatic carbocycles. The molecule has 1 aliphatic heterocycles. The van der Waals surface area contributed by atoms with E-state index in [1.54, 1.807) is 31.4 Å². The summed E-state index contributed by atoms with van der Waals surface area (Å²) in [4.78, 5) is 48.7. The Hall–Kier alpha value is -3.76. The third kappa shape index (κ3) is 8.39. The highest BCUT2D eigenvalue weighted by Crippen LogP contribution is 2.22. The number of benzene rings is 2. The van der Waals surface area contributed by atoms with Gasteiger partial charge in [-0.2, -0.15) is 0 Å². The SMILES string of the molecule is CCN1CCN(C(=O)CC[C@@H](COC(=O)Nc2cc3ccccc3cn2)N(C)C(=O)CCc2cccc(F)c2Cl)CC1. The van der Waals surface area contributed by atoms with Gasteiger partial charge in [0.25, 0.3) is 0 Å². The number of amides is 3. The number of piperazine rings is 1. The summed E-state index contributed by atoms with van der Waals surface area (Å²) in [5.74, 6) is -0.419. The fourth-order valence-corrected chi connectivity index (χ4v) is 5.20. The predicted molar refractivity (Wildman–Crippen MR) is 161 cm³/mol. The van der Waals surface area contributed by atoms with Crippen LogP contribution in [0.2, 0.25) is 5.02 Å². The van der Waals surface area contributed by atoms with Gasteiger partial charge < -0.3 is 19.4 Å². The predicted octanol–water partition coefficient (Wildman–Crippen LogP) is 4.98. The highest BCUT2D eigenvalue weighted by molar-refractivity contribution is 6.31. The van der Waals surface area contributed by atoms with Gasteiger partial charge in [-0.15, -0.1) is 0 Å². The standard InChI is InChI=1S/C31H37ClFN5O4/c1-3-37-15-17-38(18-16-37)29(40)14-12-25(36(2)28(39)13-11-22-9-6-10-26(33)30(22)32)21-42-31(41)35-27-19-23-7-4-5-8-24(23)20-34-27/h4-10,19-20,25H,3,11-18,21H2,1-2H3,(H,34,35,41)/t25-/m0/s1. The second-order valence-corrected chi connectivity index (χ2v) is 10.7. The fourth-order valence-electron chi connectivity index (χ4n) is 4.98. The molecule has 42 heavy (non-hydrogen) atoms. The maximum atomic E-state index is 13.8. The Bertz CT molecular complexity index is 1400. The van der Waals surface area contributed by atoms with E-state index in [1.807, 2.05) is 29.2 Å². The highest BCUT2D eigenvalue weighted by atomic mass is 35.5. The van der Waals surface area contributed by atoms with Gasteiger partial charge in [-0.3, -0.25) is 14.9 Å². The topological polar surface area (TPSA) is 95.1 Å². The lowest BCUT2D eigenvalue weighted by Crippen LogP contribution is -2.49. The van der Waals surface area contributed by atoms with Crippen molar-refractivity contribution in [1.82, 2.24) is 19.7 Å². The molecule has 0 bridgehead atoms. The number of hydrogen-bond donors (Lipinski definition) is 1. The quantitative estimate of drug-likeness (QED) is 0.335. The van der Waals surface area contributed by atoms with Crippen LogP contribution in [-0.4, -0.2) is 90.0 Å². The Morgan fingerprint density at radius 2 is 1.81 bits per heavy atom. The summed E-state index contributed by atoms with van der Waals surface area (Å²) in [7, 11) is 1.62. The van der Waals surface area contributed by atoms with E-state index in [2.05, 4.69) is 22.1 Å². The van der Waals surface area contributed by atoms with E-state index in [1.165, 1.54) is 11.0 Å². The second kappa shape index (κ2) is 14.9. The van der Waals surface area contributed by atoms with Gasteiger partial charge in [0.1, 0.15) is 18.2 Å². The minimum Gasteiger partial charge on any atom is -0.447 e. The van der Waals surface area contributed by atoms with Crippen molar-refractivity contribution in [2.75, 3.05) is 51.7 Å². The van der Waals surface area contributed by atoms with Gasteiger partial charge in [-0.1, -0.05) is 54.9 Å². The number of aryl methyl sites for hydroxylation is 1. The van der Waals surface area contributed by atoms with Gasteiger partial charge >= 0.3 is 6.09 Å². The van der Waals surface area contributed by atoms with E-state index in [-0.39, 0.29) is 42.7 Å². The number of carbonyl (C=O) groups is 3. The van der Waals surface area contributed by atoms with Crippen molar-refractivity contribution in [1.29, 1.82) is 0 Å². The second-order valence-electron chi connectivity index (χ2n) is 10.4. The van der Waals surface area contributed by atoms with Gasteiger partial charge in [-0.05, 0) is 42.5 Å².